The maximum Gasteiger partial charge on any atom is 0.410 e. The van der Waals surface area contributed by atoms with Crippen molar-refractivity contribution in [3.05, 3.63) is 48.0 Å². The van der Waals surface area contributed by atoms with Crippen molar-refractivity contribution < 1.29 is 18.4 Å². The van der Waals surface area contributed by atoms with Crippen molar-refractivity contribution in [3.63, 3.8) is 0 Å². The summed E-state index contributed by atoms with van der Waals surface area (Å²) in [5, 5.41) is 10.2. The molecule has 0 aliphatic heterocycles. The minimum absolute atomic E-state index is 0.0151. The molecule has 0 aliphatic carbocycles. The van der Waals surface area contributed by atoms with Gasteiger partial charge in [0, 0.05) is 0 Å². The SMILES string of the molecule is ONC(c1ccc2ccccc2c1)C(F)(F)F. The Morgan fingerprint density at radius 1 is 1.00 bits per heavy atom. The van der Waals surface area contributed by atoms with Crippen LogP contribution in [-0.4, -0.2) is 11.4 Å². The van der Waals surface area contributed by atoms with Gasteiger partial charge in [0.25, 0.3) is 0 Å². The number of hydroxylamine groups is 1. The van der Waals surface area contributed by atoms with Crippen LogP contribution in [0.4, 0.5) is 13.2 Å². The van der Waals surface area contributed by atoms with Gasteiger partial charge in [-0.2, -0.15) is 18.7 Å². The molecule has 2 aromatic carbocycles. The highest BCUT2D eigenvalue weighted by molar-refractivity contribution is 5.83. The maximum atomic E-state index is 12.6. The number of hydrogen-bond acceptors (Lipinski definition) is 2. The van der Waals surface area contributed by atoms with Gasteiger partial charge in [0.05, 0.1) is 0 Å². The molecule has 2 nitrogen and oxygen atoms in total. The van der Waals surface area contributed by atoms with Crippen LogP contribution >= 0.6 is 0 Å². The lowest BCUT2D eigenvalue weighted by atomic mass is 10.0. The van der Waals surface area contributed by atoms with Gasteiger partial charge < -0.3 is 5.21 Å². The summed E-state index contributed by atoms with van der Waals surface area (Å²) < 4.78 is 37.8. The molecule has 90 valence electrons. The van der Waals surface area contributed by atoms with Crippen molar-refractivity contribution in [1.82, 2.24) is 5.48 Å². The molecule has 0 aromatic heterocycles. The lowest BCUT2D eigenvalue weighted by Gasteiger charge is -2.19. The molecular weight excluding hydrogens is 231 g/mol. The van der Waals surface area contributed by atoms with Gasteiger partial charge in [-0.1, -0.05) is 36.4 Å². The topological polar surface area (TPSA) is 32.3 Å². The second kappa shape index (κ2) is 4.35. The predicted octanol–water partition coefficient (Wildman–Crippen LogP) is 3.42. The molecule has 0 saturated heterocycles. The van der Waals surface area contributed by atoms with Crippen molar-refractivity contribution in [2.75, 3.05) is 0 Å². The van der Waals surface area contributed by atoms with Gasteiger partial charge in [-0.15, -0.1) is 0 Å². The summed E-state index contributed by atoms with van der Waals surface area (Å²) in [4.78, 5) is 0. The predicted molar refractivity (Wildman–Crippen MR) is 57.7 cm³/mol. The summed E-state index contributed by atoms with van der Waals surface area (Å²) in [5.41, 5.74) is 1.28. The summed E-state index contributed by atoms with van der Waals surface area (Å²) in [6.07, 6.45) is -4.53. The Morgan fingerprint density at radius 3 is 2.24 bits per heavy atom. The van der Waals surface area contributed by atoms with E-state index in [1.807, 2.05) is 12.1 Å². The minimum Gasteiger partial charge on any atom is -0.316 e. The van der Waals surface area contributed by atoms with E-state index in [0.29, 0.717) is 5.39 Å². The molecule has 2 rings (SSSR count). The van der Waals surface area contributed by atoms with E-state index >= 15 is 0 Å². The average Bonchev–Trinajstić information content (AvgIpc) is 2.28. The van der Waals surface area contributed by atoms with Gasteiger partial charge >= 0.3 is 6.18 Å². The van der Waals surface area contributed by atoms with Crippen LogP contribution < -0.4 is 5.48 Å². The van der Waals surface area contributed by atoms with Crippen molar-refractivity contribution >= 4 is 10.8 Å². The van der Waals surface area contributed by atoms with Gasteiger partial charge in [-0.05, 0) is 22.4 Å². The van der Waals surface area contributed by atoms with E-state index in [-0.39, 0.29) is 5.56 Å². The fraction of sp³-hybridized carbons (Fsp3) is 0.167. The molecule has 0 fully saturated rings. The Balaban J connectivity index is 2.48. The monoisotopic (exact) mass is 241 g/mol. The van der Waals surface area contributed by atoms with E-state index in [1.54, 1.807) is 18.2 Å². The third-order valence-electron chi connectivity index (χ3n) is 2.56. The largest absolute Gasteiger partial charge is 0.410 e. The summed E-state index contributed by atoms with van der Waals surface area (Å²) in [6, 6.07) is 9.40. The zero-order valence-corrected chi connectivity index (χ0v) is 8.70. The Labute approximate surface area is 95.6 Å². The molecule has 0 heterocycles. The Bertz CT molecular complexity index is 524. The molecule has 0 aliphatic rings. The summed E-state index contributed by atoms with van der Waals surface area (Å²) >= 11 is 0. The molecule has 2 N–H and O–H groups in total. The van der Waals surface area contributed by atoms with Gasteiger partial charge in [0.2, 0.25) is 0 Å². The van der Waals surface area contributed by atoms with E-state index in [0.717, 1.165) is 5.39 Å². The highest BCUT2D eigenvalue weighted by Crippen LogP contribution is 2.33. The smallest absolute Gasteiger partial charge is 0.316 e. The molecule has 0 saturated carbocycles. The van der Waals surface area contributed by atoms with Crippen LogP contribution in [0.25, 0.3) is 10.8 Å². The molecule has 1 unspecified atom stereocenters. The number of alkyl halides is 3. The third-order valence-corrected chi connectivity index (χ3v) is 2.56. The molecule has 1 atom stereocenters. The first-order valence-corrected chi connectivity index (χ1v) is 4.97. The Morgan fingerprint density at radius 2 is 1.65 bits per heavy atom. The second-order valence-corrected chi connectivity index (χ2v) is 3.71. The lowest BCUT2D eigenvalue weighted by Crippen LogP contribution is -2.31. The normalized spacial score (nSPS) is 13.9. The quantitative estimate of drug-likeness (QED) is 0.789. The van der Waals surface area contributed by atoms with Crippen molar-refractivity contribution in [2.24, 2.45) is 0 Å². The minimum atomic E-state index is -4.53. The summed E-state index contributed by atoms with van der Waals surface area (Å²) in [6.45, 7) is 0. The third kappa shape index (κ3) is 2.40. The standard InChI is InChI=1S/C12H10F3NO/c13-12(14,15)11(16-17)10-6-5-8-3-1-2-4-9(8)7-10/h1-7,11,16-17H. The number of nitrogens with one attached hydrogen (secondary N) is 1. The van der Waals surface area contributed by atoms with Gasteiger partial charge in [0.1, 0.15) is 0 Å². The number of fused-ring (bicyclic) bond motifs is 1. The highest BCUT2D eigenvalue weighted by Gasteiger charge is 2.40. The van der Waals surface area contributed by atoms with Crippen molar-refractivity contribution in [3.8, 4) is 0 Å². The molecule has 0 bridgehead atoms. The first-order chi connectivity index (χ1) is 8.02. The number of rotatable bonds is 2. The van der Waals surface area contributed by atoms with Crippen LogP contribution in [0, 0.1) is 0 Å². The Kier molecular flexibility index (Phi) is 3.04. The van der Waals surface area contributed by atoms with Gasteiger partial charge in [0.15, 0.2) is 6.04 Å². The van der Waals surface area contributed by atoms with E-state index in [1.165, 1.54) is 17.6 Å². The van der Waals surface area contributed by atoms with E-state index in [2.05, 4.69) is 0 Å². The number of benzene rings is 2. The first kappa shape index (κ1) is 11.9. The molecule has 0 radical (unpaired) electrons. The number of halogens is 3. The molecule has 0 amide bonds. The molecule has 0 spiro atoms. The zero-order chi connectivity index (χ0) is 12.5. The number of hydrogen-bond donors (Lipinski definition) is 2. The second-order valence-electron chi connectivity index (χ2n) is 3.71. The summed E-state index contributed by atoms with van der Waals surface area (Å²) in [5.74, 6) is 0. The van der Waals surface area contributed by atoms with Crippen LogP contribution in [0.15, 0.2) is 42.5 Å². The molecule has 2 aromatic rings. The van der Waals surface area contributed by atoms with Gasteiger partial charge in [-0.3, -0.25) is 0 Å². The fourth-order valence-corrected chi connectivity index (χ4v) is 1.72. The van der Waals surface area contributed by atoms with E-state index in [9.17, 15) is 13.2 Å². The van der Waals surface area contributed by atoms with Crippen LogP contribution in [-0.2, 0) is 0 Å². The first-order valence-electron chi connectivity index (χ1n) is 4.97. The maximum absolute atomic E-state index is 12.6. The van der Waals surface area contributed by atoms with Gasteiger partial charge in [-0.25, -0.2) is 0 Å². The van der Waals surface area contributed by atoms with Crippen LogP contribution in [0.2, 0.25) is 0 Å². The van der Waals surface area contributed by atoms with Crippen LogP contribution in [0.3, 0.4) is 0 Å². The molecule has 17 heavy (non-hydrogen) atoms. The lowest BCUT2D eigenvalue weighted by molar-refractivity contribution is -0.178. The summed E-state index contributed by atoms with van der Waals surface area (Å²) in [7, 11) is 0. The van der Waals surface area contributed by atoms with Crippen molar-refractivity contribution in [1.29, 1.82) is 0 Å². The highest BCUT2D eigenvalue weighted by atomic mass is 19.4. The molecule has 5 heteroatoms. The Hall–Kier alpha value is -1.59. The molecular formula is C12H10F3NO. The van der Waals surface area contributed by atoms with E-state index < -0.39 is 12.2 Å². The average molecular weight is 241 g/mol. The fourth-order valence-electron chi connectivity index (χ4n) is 1.72. The van der Waals surface area contributed by atoms with Crippen LogP contribution in [0.5, 0.6) is 0 Å². The zero-order valence-electron chi connectivity index (χ0n) is 8.70. The van der Waals surface area contributed by atoms with E-state index in [4.69, 9.17) is 5.21 Å². The van der Waals surface area contributed by atoms with Crippen LogP contribution in [0.1, 0.15) is 11.6 Å². The van der Waals surface area contributed by atoms with Crippen molar-refractivity contribution in [2.45, 2.75) is 12.2 Å².